The Hall–Kier alpha value is -3.38. The zero-order valence-electron chi connectivity index (χ0n) is 15.1. The maximum Gasteiger partial charge on any atom is 0.229 e. The first-order valence-corrected chi connectivity index (χ1v) is 8.21. The summed E-state index contributed by atoms with van der Waals surface area (Å²) in [5.74, 6) is 0.212. The second-order valence-electron chi connectivity index (χ2n) is 6.11. The first kappa shape index (κ1) is 18.0. The van der Waals surface area contributed by atoms with E-state index in [1.165, 1.54) is 0 Å². The van der Waals surface area contributed by atoms with Crippen molar-refractivity contribution in [3.8, 4) is 11.4 Å². The minimum absolute atomic E-state index is 0.153. The normalized spacial score (nSPS) is 14.1. The molecule has 28 heavy (non-hydrogen) atoms. The van der Waals surface area contributed by atoms with Crippen LogP contribution in [0.3, 0.4) is 0 Å². The summed E-state index contributed by atoms with van der Waals surface area (Å²) in [7, 11) is 3.12. The van der Waals surface area contributed by atoms with E-state index in [1.54, 1.807) is 37.1 Å². The van der Waals surface area contributed by atoms with E-state index in [1.807, 2.05) is 0 Å². The molecule has 11 nitrogen and oxygen atoms in total. The van der Waals surface area contributed by atoms with Crippen molar-refractivity contribution in [2.75, 3.05) is 38.5 Å². The van der Waals surface area contributed by atoms with E-state index in [-0.39, 0.29) is 25.0 Å². The summed E-state index contributed by atoms with van der Waals surface area (Å²) >= 11 is 0. The minimum Gasteiger partial charge on any atom is -0.472 e. The van der Waals surface area contributed by atoms with Crippen LogP contribution in [0.1, 0.15) is 5.82 Å². The van der Waals surface area contributed by atoms with Gasteiger partial charge in [-0.05, 0) is 28.6 Å². The molecule has 3 aromatic rings. The van der Waals surface area contributed by atoms with Gasteiger partial charge in [0.05, 0.1) is 19.4 Å². The van der Waals surface area contributed by atoms with Crippen LogP contribution in [-0.2, 0) is 15.1 Å². The highest BCUT2D eigenvalue weighted by Crippen LogP contribution is 2.39. The monoisotopic (exact) mass is 388 g/mol. The van der Waals surface area contributed by atoms with Crippen molar-refractivity contribution in [2.45, 2.75) is 5.60 Å². The summed E-state index contributed by atoms with van der Waals surface area (Å²) in [5.41, 5.74) is 5.71. The quantitative estimate of drug-likeness (QED) is 0.624. The average molecular weight is 388 g/mol. The molecule has 0 radical (unpaired) electrons. The number of rotatable bonds is 6. The second-order valence-corrected chi connectivity index (χ2v) is 6.11. The zero-order valence-corrected chi connectivity index (χ0v) is 15.1. The van der Waals surface area contributed by atoms with E-state index < -0.39 is 11.4 Å². The van der Waals surface area contributed by atoms with Gasteiger partial charge in [-0.1, -0.05) is 0 Å². The van der Waals surface area contributed by atoms with Crippen LogP contribution in [0.5, 0.6) is 5.75 Å². The first-order chi connectivity index (χ1) is 13.6. The predicted octanol–water partition coefficient (Wildman–Crippen LogP) is 0.798. The Balaban J connectivity index is 1.71. The van der Waals surface area contributed by atoms with Crippen molar-refractivity contribution >= 4 is 17.5 Å². The number of methoxy groups -OCH3 is 2. The Morgan fingerprint density at radius 3 is 2.79 bits per heavy atom. The summed E-state index contributed by atoms with van der Waals surface area (Å²) in [6.45, 7) is 0.396. The molecule has 12 heteroatoms. The molecule has 1 aliphatic rings. The van der Waals surface area contributed by atoms with Gasteiger partial charge < -0.3 is 25.3 Å². The highest BCUT2D eigenvalue weighted by molar-refractivity contribution is 5.63. The Kier molecular flexibility index (Phi) is 4.49. The number of ether oxygens (including phenoxy) is 3. The molecule has 0 bridgehead atoms. The van der Waals surface area contributed by atoms with Gasteiger partial charge in [0, 0.05) is 19.9 Å². The number of aromatic nitrogens is 6. The second kappa shape index (κ2) is 6.98. The van der Waals surface area contributed by atoms with Crippen LogP contribution in [0.4, 0.5) is 21.8 Å². The number of hydrogen-bond acceptors (Lipinski definition) is 10. The summed E-state index contributed by atoms with van der Waals surface area (Å²) in [6, 6.07) is 5.25. The number of anilines is 3. The molecule has 0 atom stereocenters. The lowest BCUT2D eigenvalue weighted by Crippen LogP contribution is -2.47. The lowest BCUT2D eigenvalue weighted by molar-refractivity contribution is -0.0748. The molecule has 3 heterocycles. The third kappa shape index (κ3) is 2.97. The topological polar surface area (TPSA) is 135 Å². The van der Waals surface area contributed by atoms with Gasteiger partial charge in [0.1, 0.15) is 11.4 Å². The third-order valence-corrected chi connectivity index (χ3v) is 4.15. The van der Waals surface area contributed by atoms with E-state index in [4.69, 9.17) is 19.9 Å². The summed E-state index contributed by atoms with van der Waals surface area (Å²) < 4.78 is 31.6. The Bertz CT molecular complexity index is 1010. The van der Waals surface area contributed by atoms with Crippen LogP contribution in [0.25, 0.3) is 5.69 Å². The third-order valence-electron chi connectivity index (χ3n) is 4.15. The van der Waals surface area contributed by atoms with E-state index in [0.29, 0.717) is 22.9 Å². The maximum atomic E-state index is 13.3. The van der Waals surface area contributed by atoms with Gasteiger partial charge in [-0.2, -0.15) is 9.67 Å². The predicted molar refractivity (Wildman–Crippen MR) is 94.9 cm³/mol. The van der Waals surface area contributed by atoms with Gasteiger partial charge in [0.15, 0.2) is 11.6 Å². The molecule has 0 unspecified atom stereocenters. The zero-order chi connectivity index (χ0) is 19.7. The smallest absolute Gasteiger partial charge is 0.229 e. The van der Waals surface area contributed by atoms with Crippen molar-refractivity contribution in [3.05, 3.63) is 36.0 Å². The lowest BCUT2D eigenvalue weighted by atomic mass is 10.0. The molecule has 3 N–H and O–H groups in total. The Morgan fingerprint density at radius 2 is 2.07 bits per heavy atom. The van der Waals surface area contributed by atoms with E-state index >= 15 is 0 Å². The fraction of sp³-hybridized carbons (Fsp3) is 0.312. The van der Waals surface area contributed by atoms with Gasteiger partial charge in [-0.25, -0.2) is 9.37 Å². The van der Waals surface area contributed by atoms with Crippen LogP contribution < -0.4 is 15.8 Å². The number of nitrogens with zero attached hydrogens (tertiary/aromatic N) is 6. The van der Waals surface area contributed by atoms with E-state index in [9.17, 15) is 4.39 Å². The highest BCUT2D eigenvalue weighted by atomic mass is 19.1. The summed E-state index contributed by atoms with van der Waals surface area (Å²) in [4.78, 5) is 7.72. The van der Waals surface area contributed by atoms with E-state index in [0.717, 1.165) is 6.20 Å². The maximum absolute atomic E-state index is 13.3. The molecule has 0 fully saturated rings. The molecule has 0 saturated heterocycles. The number of hydrogen-bond donors (Lipinski definition) is 2. The number of fused-ring (bicyclic) bond motifs is 3. The molecule has 1 aromatic carbocycles. The number of nitrogen functional groups attached to an aromatic ring is 1. The molecule has 1 aliphatic heterocycles. The number of nitrogens with one attached hydrogen (secondary N) is 1. The number of halogens is 1. The van der Waals surface area contributed by atoms with Crippen LogP contribution in [-0.4, -0.2) is 57.6 Å². The molecule has 4 rings (SSSR count). The number of nitrogens with two attached hydrogens (primary N) is 1. The standard InChI is InChI=1S/C16H17FN8O3/c1-26-7-16(8-27-2)14-22-23-24-25(14)11-5-9(3-4-12(11)28-16)20-15-19-6-10(17)13(18)21-15/h3-6H,7-8H2,1-2H3,(H3,18,19,20,21). The van der Waals surface area contributed by atoms with Crippen LogP contribution in [0.15, 0.2) is 24.4 Å². The largest absolute Gasteiger partial charge is 0.472 e. The molecule has 2 aromatic heterocycles. The summed E-state index contributed by atoms with van der Waals surface area (Å²) in [6.07, 6.45) is 0.996. The average Bonchev–Trinajstić information content (AvgIpc) is 3.17. The number of benzene rings is 1. The molecule has 0 saturated carbocycles. The van der Waals surface area contributed by atoms with Crippen LogP contribution in [0, 0.1) is 5.82 Å². The molecule has 146 valence electrons. The number of tetrazole rings is 1. The molecule has 0 aliphatic carbocycles. The van der Waals surface area contributed by atoms with Gasteiger partial charge in [-0.15, -0.1) is 5.10 Å². The van der Waals surface area contributed by atoms with Crippen molar-refractivity contribution < 1.29 is 18.6 Å². The van der Waals surface area contributed by atoms with Gasteiger partial charge in [0.2, 0.25) is 17.4 Å². The Morgan fingerprint density at radius 1 is 1.29 bits per heavy atom. The van der Waals surface area contributed by atoms with Crippen molar-refractivity contribution in [1.29, 1.82) is 0 Å². The molecule has 0 spiro atoms. The van der Waals surface area contributed by atoms with Crippen LogP contribution >= 0.6 is 0 Å². The summed E-state index contributed by atoms with van der Waals surface area (Å²) in [5, 5.41) is 14.9. The first-order valence-electron chi connectivity index (χ1n) is 8.21. The van der Waals surface area contributed by atoms with Crippen molar-refractivity contribution in [1.82, 2.24) is 30.2 Å². The highest BCUT2D eigenvalue weighted by Gasteiger charge is 2.45. The molecular formula is C16H17FN8O3. The SMILES string of the molecule is COCC1(COC)Oc2ccc(Nc3ncc(F)c(N)n3)cc2-n2nnnc21. The van der Waals surface area contributed by atoms with E-state index in [2.05, 4.69) is 30.8 Å². The minimum atomic E-state index is -0.983. The van der Waals surface area contributed by atoms with Crippen molar-refractivity contribution in [3.63, 3.8) is 0 Å². The molecule has 0 amide bonds. The fourth-order valence-corrected chi connectivity index (χ4v) is 3.00. The van der Waals surface area contributed by atoms with Gasteiger partial charge in [0.25, 0.3) is 0 Å². The fourth-order valence-electron chi connectivity index (χ4n) is 3.00. The lowest BCUT2D eigenvalue weighted by Gasteiger charge is -2.35. The van der Waals surface area contributed by atoms with Gasteiger partial charge in [-0.3, -0.25) is 0 Å². The van der Waals surface area contributed by atoms with Crippen molar-refractivity contribution in [2.24, 2.45) is 0 Å². The Labute approximate surface area is 158 Å². The van der Waals surface area contributed by atoms with Gasteiger partial charge >= 0.3 is 0 Å². The van der Waals surface area contributed by atoms with Crippen LogP contribution in [0.2, 0.25) is 0 Å². The molecular weight excluding hydrogens is 371 g/mol.